The standard InChI is InChI=1S/C27H33F3N4O3S.C15H22N2O2.C12H13F3N2O2S.ClH.Li/c1-20-4-6-21(7-5-20)32-17-15-31(16-18-32)12-2-3-26(35)33-13-10-22(11-14-33)38-23-8-9-25(34(36)37)24(19-23)27(28,29)30;1-13-4-6-14(7-5-13)17-11-9-16(10-12-17)8-2-3-15(18)19;13-12(14,15)10-7-9(1-2-11(10)17(18)19)20-8-3-5-16-6-4-8;;/h4-9,19,22H,2-3,10-18H2,1H3;4-7H,2-3,8-12H2,1H3,(H,18,19);1-2,7-8,16H,3-6H2;1H;/q;;;;+1/p-1. The Morgan fingerprint density at radius 1 is 0.582 bits per heavy atom. The van der Waals surface area contributed by atoms with Gasteiger partial charge in [-0.25, -0.2) is 0 Å². The van der Waals surface area contributed by atoms with Gasteiger partial charge in [0.05, 0.1) is 9.85 Å². The van der Waals surface area contributed by atoms with Crippen LogP contribution in [0.1, 0.15) is 73.6 Å². The number of nitro benzene ring substituents is 2. The van der Waals surface area contributed by atoms with E-state index in [0.717, 1.165) is 122 Å². The van der Waals surface area contributed by atoms with E-state index in [1.54, 1.807) is 0 Å². The van der Waals surface area contributed by atoms with Crippen molar-refractivity contribution in [1.29, 1.82) is 0 Å². The number of nitrogens with one attached hydrogen (secondary N) is 1. The Balaban J connectivity index is 0.000000277. The van der Waals surface area contributed by atoms with E-state index in [1.807, 2.05) is 4.90 Å². The van der Waals surface area contributed by atoms with Crippen LogP contribution in [0.25, 0.3) is 0 Å². The Bertz CT molecular complexity index is 2570. The second-order valence-electron chi connectivity index (χ2n) is 19.5. The zero-order valence-electron chi connectivity index (χ0n) is 44.8. The molecular weight excluding hydrogens is 1090 g/mol. The van der Waals surface area contributed by atoms with E-state index in [4.69, 9.17) is 0 Å². The van der Waals surface area contributed by atoms with Gasteiger partial charge in [-0.1, -0.05) is 35.4 Å². The molecule has 0 radical (unpaired) electrons. The molecule has 4 heterocycles. The summed E-state index contributed by atoms with van der Waals surface area (Å²) in [6, 6.07) is 23.6. The molecule has 4 aromatic rings. The van der Waals surface area contributed by atoms with Crippen molar-refractivity contribution >= 4 is 70.6 Å². The second-order valence-corrected chi connectivity index (χ2v) is 22.3. The Morgan fingerprint density at radius 3 is 1.33 bits per heavy atom. The number of rotatable bonds is 16. The Labute approximate surface area is 484 Å². The molecule has 1 amide bonds. The van der Waals surface area contributed by atoms with Gasteiger partial charge in [-0.15, -0.1) is 35.9 Å². The number of thioether (sulfide) groups is 2. The number of hydrogen-bond donors (Lipinski definition) is 1. The Hall–Kier alpha value is -4.73. The van der Waals surface area contributed by atoms with Crippen LogP contribution in [0.4, 0.5) is 49.1 Å². The minimum absolute atomic E-state index is 0. The first-order valence-electron chi connectivity index (χ1n) is 25.9. The molecule has 0 aliphatic carbocycles. The number of carbonyl (C=O) groups is 2. The minimum Gasteiger partial charge on any atom is -0.550 e. The van der Waals surface area contributed by atoms with E-state index in [1.165, 1.54) is 58.2 Å². The molecule has 79 heavy (non-hydrogen) atoms. The fraction of sp³-hybridized carbons (Fsp3) is 0.519. The van der Waals surface area contributed by atoms with Gasteiger partial charge in [-0.05, 0) is 134 Å². The number of benzene rings is 4. The number of amides is 1. The number of piperazine rings is 2. The molecule has 4 aliphatic rings. The van der Waals surface area contributed by atoms with Crippen LogP contribution in [-0.2, 0) is 21.9 Å². The maximum atomic E-state index is 13.3. The summed E-state index contributed by atoms with van der Waals surface area (Å²) in [6.45, 7) is 16.7. The molecule has 4 fully saturated rings. The normalized spacial score (nSPS) is 16.8. The largest absolute Gasteiger partial charge is 1.00 e. The number of nitrogens with zero attached hydrogens (tertiary/aromatic N) is 7. The van der Waals surface area contributed by atoms with Crippen molar-refractivity contribution in [2.24, 2.45) is 0 Å². The molecule has 4 aromatic carbocycles. The number of hydrogen-bond acceptors (Lipinski definition) is 14. The number of nitro groups is 2. The zero-order chi connectivity index (χ0) is 55.7. The van der Waals surface area contributed by atoms with Gasteiger partial charge in [0, 0.05) is 122 Å². The first-order chi connectivity index (χ1) is 36.6. The van der Waals surface area contributed by atoms with Crippen LogP contribution >= 0.6 is 35.9 Å². The summed E-state index contributed by atoms with van der Waals surface area (Å²) < 4.78 is 78.3. The van der Waals surface area contributed by atoms with Crippen molar-refractivity contribution in [3.05, 3.63) is 127 Å². The van der Waals surface area contributed by atoms with Gasteiger partial charge in [0.1, 0.15) is 11.1 Å². The summed E-state index contributed by atoms with van der Waals surface area (Å²) in [4.78, 5) is 54.9. The molecule has 4 saturated heterocycles. The van der Waals surface area contributed by atoms with Crippen molar-refractivity contribution in [3.63, 3.8) is 0 Å². The van der Waals surface area contributed by atoms with Crippen molar-refractivity contribution in [2.75, 3.05) is 101 Å². The number of carboxylic acids is 1. The maximum Gasteiger partial charge on any atom is 1.00 e. The minimum atomic E-state index is -4.79. The third-order valence-electron chi connectivity index (χ3n) is 13.9. The van der Waals surface area contributed by atoms with Crippen LogP contribution in [-0.4, -0.2) is 139 Å². The number of aryl methyl sites for hydroxylation is 2. The number of carbonyl (C=O) groups excluding carboxylic acids is 2. The van der Waals surface area contributed by atoms with Gasteiger partial charge in [0.2, 0.25) is 5.91 Å². The molecule has 0 spiro atoms. The van der Waals surface area contributed by atoms with Gasteiger partial charge in [0.15, 0.2) is 0 Å². The topological polar surface area (TPSA) is 172 Å². The van der Waals surface area contributed by atoms with Gasteiger partial charge < -0.3 is 29.9 Å². The SMILES string of the molecule is Cc1ccc(N2CCN(CCCC(=O)N3CCC(Sc4ccc([N+](=O)[O-])c(C(F)(F)F)c4)CC3)CC2)cc1.Cc1ccc(N2CCN(CCCC(=O)[O-])CC2)cc1.Cl.O=[N+]([O-])c1ccc(SC2CCNCC2)cc1C(F)(F)F.[Li+]. The molecule has 4 aliphatic heterocycles. The van der Waals surface area contributed by atoms with Crippen LogP contribution in [0, 0.1) is 34.1 Å². The summed E-state index contributed by atoms with van der Waals surface area (Å²) in [7, 11) is 0. The van der Waals surface area contributed by atoms with E-state index in [-0.39, 0.29) is 54.1 Å². The third kappa shape index (κ3) is 21.6. The number of piperidine rings is 2. The summed E-state index contributed by atoms with van der Waals surface area (Å²) >= 11 is 2.65. The predicted octanol–water partition coefficient (Wildman–Crippen LogP) is 7.14. The molecular formula is C54H68ClF6LiN8O7S2. The molecule has 8 rings (SSSR count). The van der Waals surface area contributed by atoms with E-state index in [2.05, 4.69) is 87.3 Å². The number of anilines is 2. The van der Waals surface area contributed by atoms with Crippen molar-refractivity contribution in [2.45, 2.75) is 97.9 Å². The van der Waals surface area contributed by atoms with Crippen LogP contribution < -0.4 is 39.1 Å². The number of alkyl halides is 6. The van der Waals surface area contributed by atoms with Gasteiger partial charge >= 0.3 is 31.2 Å². The average Bonchev–Trinajstić information content (AvgIpc) is 3.40. The van der Waals surface area contributed by atoms with Crippen LogP contribution in [0.5, 0.6) is 0 Å². The molecule has 0 aromatic heterocycles. The number of halogens is 7. The number of carboxylic acid groups (broad SMARTS) is 1. The van der Waals surface area contributed by atoms with Crippen LogP contribution in [0.2, 0.25) is 0 Å². The van der Waals surface area contributed by atoms with Gasteiger partial charge in [-0.3, -0.25) is 34.8 Å². The summed E-state index contributed by atoms with van der Waals surface area (Å²) in [6.07, 6.45) is -4.24. The molecule has 0 unspecified atom stereocenters. The molecule has 15 nitrogen and oxygen atoms in total. The third-order valence-corrected chi connectivity index (χ3v) is 16.6. The molecule has 0 bridgehead atoms. The second kappa shape index (κ2) is 32.0. The molecule has 428 valence electrons. The summed E-state index contributed by atoms with van der Waals surface area (Å²) in [5.74, 6) is -0.820. The smallest absolute Gasteiger partial charge is 0.550 e. The Kier molecular flexibility index (Phi) is 27.1. The van der Waals surface area contributed by atoms with Crippen LogP contribution in [0.3, 0.4) is 0 Å². The van der Waals surface area contributed by atoms with Gasteiger partial charge in [0.25, 0.3) is 11.4 Å². The van der Waals surface area contributed by atoms with Crippen molar-refractivity contribution in [1.82, 2.24) is 20.0 Å². The molecule has 25 heteroatoms. The van der Waals surface area contributed by atoms with E-state index in [9.17, 15) is 61.3 Å². The molecule has 1 N–H and O–H groups in total. The van der Waals surface area contributed by atoms with E-state index in [0.29, 0.717) is 48.6 Å². The quantitative estimate of drug-likeness (QED) is 0.0520. The fourth-order valence-electron chi connectivity index (χ4n) is 9.50. The molecule has 0 atom stereocenters. The monoisotopic (exact) mass is 1160 g/mol. The number of likely N-dealkylation sites (tertiary alicyclic amines) is 1. The summed E-state index contributed by atoms with van der Waals surface area (Å²) in [5.41, 5.74) is 0.829. The predicted molar refractivity (Wildman–Crippen MR) is 294 cm³/mol. The zero-order valence-corrected chi connectivity index (χ0v) is 47.2. The number of aliphatic carboxylic acids is 1. The van der Waals surface area contributed by atoms with Crippen molar-refractivity contribution < 1.29 is 69.7 Å². The first-order valence-corrected chi connectivity index (χ1v) is 27.7. The maximum absolute atomic E-state index is 13.3. The van der Waals surface area contributed by atoms with Crippen LogP contribution in [0.15, 0.2) is 94.7 Å². The van der Waals surface area contributed by atoms with Gasteiger partial charge in [-0.2, -0.15) is 26.3 Å². The first kappa shape index (κ1) is 66.8. The fourth-order valence-corrected chi connectivity index (χ4v) is 11.9. The Morgan fingerprint density at radius 2 is 0.962 bits per heavy atom. The van der Waals surface area contributed by atoms with Crippen molar-refractivity contribution in [3.8, 4) is 0 Å². The molecule has 0 saturated carbocycles. The van der Waals surface area contributed by atoms with E-state index >= 15 is 0 Å². The average molecular weight is 1160 g/mol. The summed E-state index contributed by atoms with van der Waals surface area (Å²) in [5, 5.41) is 35.5. The van der Waals surface area contributed by atoms with E-state index < -0.39 is 50.7 Å².